The lowest BCUT2D eigenvalue weighted by Gasteiger charge is -2.16. The van der Waals surface area contributed by atoms with Gasteiger partial charge in [0.15, 0.2) is 0 Å². The van der Waals surface area contributed by atoms with Crippen molar-refractivity contribution in [2.45, 2.75) is 19.4 Å². The molecule has 12 heavy (non-hydrogen) atoms. The van der Waals surface area contributed by atoms with E-state index in [1.807, 2.05) is 0 Å². The first-order valence-electron chi connectivity index (χ1n) is 3.69. The van der Waals surface area contributed by atoms with E-state index in [4.69, 9.17) is 5.11 Å². The number of nitrogens with one attached hydrogen (secondary N) is 1. The molecule has 0 saturated heterocycles. The summed E-state index contributed by atoms with van der Waals surface area (Å²) >= 11 is 0. The third kappa shape index (κ3) is 3.23. The molecule has 0 aromatic heterocycles. The number of nitrogens with zero attached hydrogens (tertiary/aromatic N) is 1. The number of rotatable bonds is 3. The summed E-state index contributed by atoms with van der Waals surface area (Å²) in [6.07, 6.45) is 0.384. The standard InChI is InChI=1S/C7H14N2O3/c1-4-5(6(10)11)8-7(12)9(2)3/h5H,4H2,1-3H3,(H,8,12)(H,10,11)/t5-/m1/s1. The summed E-state index contributed by atoms with van der Waals surface area (Å²) in [5.74, 6) is -1.01. The summed E-state index contributed by atoms with van der Waals surface area (Å²) in [5, 5.41) is 10.9. The lowest BCUT2D eigenvalue weighted by molar-refractivity contribution is -0.139. The van der Waals surface area contributed by atoms with Gasteiger partial charge in [0.2, 0.25) is 0 Å². The quantitative estimate of drug-likeness (QED) is 0.638. The monoisotopic (exact) mass is 174 g/mol. The first-order valence-corrected chi connectivity index (χ1v) is 3.69. The van der Waals surface area contributed by atoms with Gasteiger partial charge in [-0.25, -0.2) is 9.59 Å². The number of carbonyl (C=O) groups is 2. The second-order valence-electron chi connectivity index (χ2n) is 2.64. The van der Waals surface area contributed by atoms with Crippen LogP contribution < -0.4 is 5.32 Å². The van der Waals surface area contributed by atoms with Crippen LogP contribution in [0.2, 0.25) is 0 Å². The van der Waals surface area contributed by atoms with Gasteiger partial charge in [-0.15, -0.1) is 0 Å². The van der Waals surface area contributed by atoms with Gasteiger partial charge in [0.1, 0.15) is 6.04 Å². The Morgan fingerprint density at radius 3 is 2.25 bits per heavy atom. The largest absolute Gasteiger partial charge is 0.480 e. The predicted octanol–water partition coefficient (Wildman–Crippen LogP) is 0.121. The lowest BCUT2D eigenvalue weighted by Crippen LogP contribution is -2.45. The van der Waals surface area contributed by atoms with Crippen molar-refractivity contribution < 1.29 is 14.7 Å². The smallest absolute Gasteiger partial charge is 0.326 e. The van der Waals surface area contributed by atoms with Gasteiger partial charge in [-0.3, -0.25) is 0 Å². The van der Waals surface area contributed by atoms with Gasteiger partial charge in [-0.05, 0) is 6.42 Å². The molecule has 0 aromatic rings. The van der Waals surface area contributed by atoms with E-state index < -0.39 is 12.0 Å². The van der Waals surface area contributed by atoms with Crippen molar-refractivity contribution >= 4 is 12.0 Å². The highest BCUT2D eigenvalue weighted by molar-refractivity contribution is 5.82. The second kappa shape index (κ2) is 4.58. The second-order valence-corrected chi connectivity index (χ2v) is 2.64. The zero-order chi connectivity index (χ0) is 9.72. The van der Waals surface area contributed by atoms with Gasteiger partial charge in [-0.1, -0.05) is 6.92 Å². The van der Waals surface area contributed by atoms with E-state index in [1.54, 1.807) is 21.0 Å². The van der Waals surface area contributed by atoms with E-state index in [1.165, 1.54) is 4.90 Å². The number of carbonyl (C=O) groups excluding carboxylic acids is 1. The average Bonchev–Trinajstić information content (AvgIpc) is 1.98. The van der Waals surface area contributed by atoms with Crippen LogP contribution >= 0.6 is 0 Å². The normalized spacial score (nSPS) is 11.9. The molecule has 0 radical (unpaired) electrons. The molecule has 0 aliphatic carbocycles. The van der Waals surface area contributed by atoms with Crippen molar-refractivity contribution in [3.8, 4) is 0 Å². The molecule has 1 atom stereocenters. The maximum absolute atomic E-state index is 11.0. The van der Waals surface area contributed by atoms with Crippen LogP contribution in [-0.4, -0.2) is 42.1 Å². The van der Waals surface area contributed by atoms with Gasteiger partial charge in [0.25, 0.3) is 0 Å². The van der Waals surface area contributed by atoms with E-state index in [0.717, 1.165) is 0 Å². The summed E-state index contributed by atoms with van der Waals surface area (Å²) in [4.78, 5) is 22.7. The number of hydrogen-bond acceptors (Lipinski definition) is 2. The van der Waals surface area contributed by atoms with Gasteiger partial charge < -0.3 is 15.3 Å². The fraction of sp³-hybridized carbons (Fsp3) is 0.714. The van der Waals surface area contributed by atoms with E-state index in [9.17, 15) is 9.59 Å². The number of urea groups is 1. The van der Waals surface area contributed by atoms with Crippen molar-refractivity contribution in [2.75, 3.05) is 14.1 Å². The van der Waals surface area contributed by atoms with Crippen LogP contribution in [-0.2, 0) is 4.79 Å². The highest BCUT2D eigenvalue weighted by atomic mass is 16.4. The molecule has 2 N–H and O–H groups in total. The van der Waals surface area contributed by atoms with Crippen LogP contribution in [0.3, 0.4) is 0 Å². The van der Waals surface area contributed by atoms with E-state index in [0.29, 0.717) is 6.42 Å². The van der Waals surface area contributed by atoms with Crippen molar-refractivity contribution in [1.82, 2.24) is 10.2 Å². The molecule has 5 nitrogen and oxygen atoms in total. The van der Waals surface area contributed by atoms with Crippen LogP contribution in [0.4, 0.5) is 4.79 Å². The fourth-order valence-corrected chi connectivity index (χ4v) is 0.617. The summed E-state index contributed by atoms with van der Waals surface area (Å²) in [7, 11) is 3.12. The molecule has 0 aliphatic heterocycles. The molecular formula is C7H14N2O3. The lowest BCUT2D eigenvalue weighted by atomic mass is 10.2. The molecular weight excluding hydrogens is 160 g/mol. The Bertz CT molecular complexity index is 179. The maximum atomic E-state index is 11.0. The third-order valence-corrected chi connectivity index (χ3v) is 1.41. The molecule has 0 aromatic carbocycles. The topological polar surface area (TPSA) is 69.6 Å². The molecule has 0 spiro atoms. The van der Waals surface area contributed by atoms with Crippen LogP contribution in [0, 0.1) is 0 Å². The molecule has 5 heteroatoms. The molecule has 0 aliphatic rings. The zero-order valence-corrected chi connectivity index (χ0v) is 7.50. The number of amides is 2. The zero-order valence-electron chi connectivity index (χ0n) is 7.50. The number of carboxylic acids is 1. The minimum absolute atomic E-state index is 0.384. The summed E-state index contributed by atoms with van der Waals surface area (Å²) < 4.78 is 0. The van der Waals surface area contributed by atoms with Crippen LogP contribution in [0.5, 0.6) is 0 Å². The molecule has 2 amide bonds. The Morgan fingerprint density at radius 1 is 1.50 bits per heavy atom. The van der Waals surface area contributed by atoms with Crippen molar-refractivity contribution in [2.24, 2.45) is 0 Å². The highest BCUT2D eigenvalue weighted by Crippen LogP contribution is 1.91. The summed E-state index contributed by atoms with van der Waals surface area (Å²) in [6.45, 7) is 1.70. The predicted molar refractivity (Wildman–Crippen MR) is 43.9 cm³/mol. The molecule has 0 bridgehead atoms. The Morgan fingerprint density at radius 2 is 2.00 bits per heavy atom. The Labute approximate surface area is 71.4 Å². The Hall–Kier alpha value is -1.26. The van der Waals surface area contributed by atoms with Gasteiger partial charge in [0, 0.05) is 14.1 Å². The molecule has 0 unspecified atom stereocenters. The Balaban J connectivity index is 4.03. The minimum atomic E-state index is -1.01. The minimum Gasteiger partial charge on any atom is -0.480 e. The number of hydrogen-bond donors (Lipinski definition) is 2. The molecule has 0 fully saturated rings. The molecule has 0 rings (SSSR count). The van der Waals surface area contributed by atoms with E-state index >= 15 is 0 Å². The van der Waals surface area contributed by atoms with Crippen LogP contribution in [0.25, 0.3) is 0 Å². The van der Waals surface area contributed by atoms with Crippen LogP contribution in [0.1, 0.15) is 13.3 Å². The van der Waals surface area contributed by atoms with Crippen molar-refractivity contribution in [1.29, 1.82) is 0 Å². The molecule has 0 saturated carbocycles. The van der Waals surface area contributed by atoms with Crippen molar-refractivity contribution in [3.63, 3.8) is 0 Å². The molecule has 70 valence electrons. The van der Waals surface area contributed by atoms with E-state index in [-0.39, 0.29) is 6.03 Å². The SMILES string of the molecule is CC[C@@H](NC(=O)N(C)C)C(=O)O. The van der Waals surface area contributed by atoms with E-state index in [2.05, 4.69) is 5.32 Å². The number of carboxylic acid groups (broad SMARTS) is 1. The summed E-state index contributed by atoms with van der Waals surface area (Å²) in [6, 6.07) is -1.18. The highest BCUT2D eigenvalue weighted by Gasteiger charge is 2.17. The third-order valence-electron chi connectivity index (χ3n) is 1.41. The maximum Gasteiger partial charge on any atom is 0.326 e. The van der Waals surface area contributed by atoms with Crippen LogP contribution in [0.15, 0.2) is 0 Å². The van der Waals surface area contributed by atoms with Gasteiger partial charge in [0.05, 0.1) is 0 Å². The first-order chi connectivity index (χ1) is 5.49. The first kappa shape index (κ1) is 10.7. The number of aliphatic carboxylic acids is 1. The average molecular weight is 174 g/mol. The Kier molecular flexibility index (Phi) is 4.10. The summed E-state index contributed by atoms with van der Waals surface area (Å²) in [5.41, 5.74) is 0. The van der Waals surface area contributed by atoms with Gasteiger partial charge >= 0.3 is 12.0 Å². The fourth-order valence-electron chi connectivity index (χ4n) is 0.617. The molecule has 0 heterocycles. The van der Waals surface area contributed by atoms with Crippen molar-refractivity contribution in [3.05, 3.63) is 0 Å². The van der Waals surface area contributed by atoms with Gasteiger partial charge in [-0.2, -0.15) is 0 Å².